The number of carboxylic acid groups (broad SMARTS) is 1. The summed E-state index contributed by atoms with van der Waals surface area (Å²) < 4.78 is 0. The minimum Gasteiger partial charge on any atom is -0.480 e. The van der Waals surface area contributed by atoms with Crippen LogP contribution >= 0.6 is 0 Å². The molecule has 0 aliphatic carbocycles. The minimum atomic E-state index is -0.918. The Kier molecular flexibility index (Phi) is 4.78. The van der Waals surface area contributed by atoms with Crippen molar-refractivity contribution < 1.29 is 14.7 Å². The molecular weight excluding hydrogens is 266 g/mol. The lowest BCUT2D eigenvalue weighted by Crippen LogP contribution is -2.49. The molecule has 2 atom stereocenters. The van der Waals surface area contributed by atoms with Crippen LogP contribution in [0.1, 0.15) is 30.9 Å². The van der Waals surface area contributed by atoms with Crippen molar-refractivity contribution in [1.82, 2.24) is 4.90 Å². The number of carboxylic acids is 1. The lowest BCUT2D eigenvalue weighted by molar-refractivity contribution is -0.151. The number of likely N-dealkylation sites (tertiary alicyclic amines) is 1. The maximum absolute atomic E-state index is 12.2. The Morgan fingerprint density at radius 2 is 1.95 bits per heavy atom. The van der Waals surface area contributed by atoms with Crippen LogP contribution in [-0.2, 0) is 9.59 Å². The van der Waals surface area contributed by atoms with Crippen molar-refractivity contribution >= 4 is 18.0 Å². The number of aliphatic carboxylic acids is 1. The van der Waals surface area contributed by atoms with E-state index in [0.717, 1.165) is 17.5 Å². The Bertz CT molecular complexity index is 548. The predicted molar refractivity (Wildman–Crippen MR) is 81.7 cm³/mol. The fourth-order valence-electron chi connectivity index (χ4n) is 2.58. The molecule has 0 radical (unpaired) electrons. The van der Waals surface area contributed by atoms with Crippen molar-refractivity contribution in [2.75, 3.05) is 6.54 Å². The summed E-state index contributed by atoms with van der Waals surface area (Å²) in [4.78, 5) is 25.0. The van der Waals surface area contributed by atoms with Gasteiger partial charge in [-0.05, 0) is 37.3 Å². The van der Waals surface area contributed by atoms with Gasteiger partial charge in [-0.25, -0.2) is 4.79 Å². The summed E-state index contributed by atoms with van der Waals surface area (Å²) in [6.07, 6.45) is 4.59. The summed E-state index contributed by atoms with van der Waals surface area (Å²) in [7, 11) is 0. The number of carbonyl (C=O) groups is 2. The quantitative estimate of drug-likeness (QED) is 0.870. The van der Waals surface area contributed by atoms with Gasteiger partial charge in [-0.15, -0.1) is 0 Å². The molecule has 1 amide bonds. The number of piperidine rings is 1. The fourth-order valence-corrected chi connectivity index (χ4v) is 2.58. The molecule has 0 saturated carbocycles. The van der Waals surface area contributed by atoms with E-state index in [4.69, 9.17) is 0 Å². The van der Waals surface area contributed by atoms with Gasteiger partial charge in [0.2, 0.25) is 5.91 Å². The van der Waals surface area contributed by atoms with Gasteiger partial charge in [-0.3, -0.25) is 4.79 Å². The van der Waals surface area contributed by atoms with E-state index < -0.39 is 12.0 Å². The Morgan fingerprint density at radius 1 is 1.29 bits per heavy atom. The lowest BCUT2D eigenvalue weighted by atomic mass is 9.92. The average Bonchev–Trinajstić information content (AvgIpc) is 2.46. The van der Waals surface area contributed by atoms with Gasteiger partial charge in [0.05, 0.1) is 0 Å². The molecule has 4 nitrogen and oxygen atoms in total. The highest BCUT2D eigenvalue weighted by Gasteiger charge is 2.33. The number of hydrogen-bond acceptors (Lipinski definition) is 2. The van der Waals surface area contributed by atoms with Crippen LogP contribution in [0.15, 0.2) is 30.3 Å². The molecule has 1 aliphatic heterocycles. The van der Waals surface area contributed by atoms with Crippen LogP contribution in [0.25, 0.3) is 6.08 Å². The third-order valence-corrected chi connectivity index (χ3v) is 3.93. The number of amides is 1. The van der Waals surface area contributed by atoms with Crippen molar-refractivity contribution in [3.63, 3.8) is 0 Å². The maximum Gasteiger partial charge on any atom is 0.326 e. The van der Waals surface area contributed by atoms with Crippen molar-refractivity contribution in [2.24, 2.45) is 5.92 Å². The van der Waals surface area contributed by atoms with Gasteiger partial charge in [0, 0.05) is 12.6 Å². The molecule has 0 bridgehead atoms. The summed E-state index contributed by atoms with van der Waals surface area (Å²) in [6, 6.07) is 7.13. The van der Waals surface area contributed by atoms with E-state index >= 15 is 0 Å². The van der Waals surface area contributed by atoms with E-state index in [1.165, 1.54) is 11.0 Å². The number of aryl methyl sites for hydroxylation is 1. The molecule has 1 saturated heterocycles. The highest BCUT2D eigenvalue weighted by molar-refractivity contribution is 5.94. The van der Waals surface area contributed by atoms with Gasteiger partial charge in [0.25, 0.3) is 0 Å². The number of nitrogens with zero attached hydrogens (tertiary/aromatic N) is 1. The van der Waals surface area contributed by atoms with Crippen molar-refractivity contribution in [1.29, 1.82) is 0 Å². The number of hydrogen-bond donors (Lipinski definition) is 1. The first kappa shape index (κ1) is 15.3. The normalized spacial score (nSPS) is 22.5. The summed E-state index contributed by atoms with van der Waals surface area (Å²) in [6.45, 7) is 4.54. The van der Waals surface area contributed by atoms with Crippen molar-refractivity contribution in [2.45, 2.75) is 32.7 Å². The van der Waals surface area contributed by atoms with Crippen LogP contribution in [0.3, 0.4) is 0 Å². The van der Waals surface area contributed by atoms with E-state index in [0.29, 0.717) is 18.9 Å². The molecular formula is C17H21NO3. The molecule has 2 rings (SSSR count). The highest BCUT2D eigenvalue weighted by atomic mass is 16.4. The molecule has 1 aromatic rings. The molecule has 21 heavy (non-hydrogen) atoms. The molecule has 1 heterocycles. The van der Waals surface area contributed by atoms with Gasteiger partial charge in [-0.1, -0.05) is 36.8 Å². The van der Waals surface area contributed by atoms with Crippen LogP contribution in [-0.4, -0.2) is 34.5 Å². The SMILES string of the molecule is Cc1ccc(/C=C/C(=O)N2CCC(C)CC2C(=O)O)cc1. The Balaban J connectivity index is 2.07. The first-order valence-corrected chi connectivity index (χ1v) is 7.25. The van der Waals surface area contributed by atoms with E-state index in [9.17, 15) is 14.7 Å². The smallest absolute Gasteiger partial charge is 0.326 e. The summed E-state index contributed by atoms with van der Waals surface area (Å²) in [5.74, 6) is -0.801. The minimum absolute atomic E-state index is 0.227. The second-order valence-corrected chi connectivity index (χ2v) is 5.76. The van der Waals surface area contributed by atoms with Crippen LogP contribution in [0.5, 0.6) is 0 Å². The van der Waals surface area contributed by atoms with Crippen LogP contribution < -0.4 is 0 Å². The van der Waals surface area contributed by atoms with Crippen LogP contribution in [0.4, 0.5) is 0 Å². The number of carbonyl (C=O) groups excluding carboxylic acids is 1. The third kappa shape index (κ3) is 3.94. The number of benzene rings is 1. The molecule has 0 spiro atoms. The molecule has 0 aromatic heterocycles. The Labute approximate surface area is 125 Å². The zero-order valence-electron chi connectivity index (χ0n) is 12.5. The van der Waals surface area contributed by atoms with Crippen LogP contribution in [0, 0.1) is 12.8 Å². The molecule has 1 N–H and O–H groups in total. The summed E-state index contributed by atoms with van der Waals surface area (Å²) in [5.41, 5.74) is 2.10. The molecule has 112 valence electrons. The largest absolute Gasteiger partial charge is 0.480 e. The second kappa shape index (κ2) is 6.57. The van der Waals surface area contributed by atoms with Gasteiger partial charge in [0.1, 0.15) is 6.04 Å². The van der Waals surface area contributed by atoms with Gasteiger partial charge < -0.3 is 10.0 Å². The van der Waals surface area contributed by atoms with E-state index in [-0.39, 0.29) is 5.91 Å². The van der Waals surface area contributed by atoms with E-state index in [2.05, 4.69) is 0 Å². The monoisotopic (exact) mass is 287 g/mol. The fraction of sp³-hybridized carbons (Fsp3) is 0.412. The zero-order chi connectivity index (χ0) is 15.4. The average molecular weight is 287 g/mol. The van der Waals surface area contributed by atoms with Crippen molar-refractivity contribution in [3.8, 4) is 0 Å². The van der Waals surface area contributed by atoms with E-state index in [1.807, 2.05) is 38.1 Å². The molecule has 1 aromatic carbocycles. The molecule has 4 heteroatoms. The summed E-state index contributed by atoms with van der Waals surface area (Å²) in [5, 5.41) is 9.27. The van der Waals surface area contributed by atoms with Crippen LogP contribution in [0.2, 0.25) is 0 Å². The topological polar surface area (TPSA) is 57.6 Å². The first-order valence-electron chi connectivity index (χ1n) is 7.25. The standard InChI is InChI=1S/C17H21NO3/c1-12-3-5-14(6-4-12)7-8-16(19)18-10-9-13(2)11-15(18)17(20)21/h3-8,13,15H,9-11H2,1-2H3,(H,20,21)/b8-7+. The molecule has 1 aliphatic rings. The third-order valence-electron chi connectivity index (χ3n) is 3.93. The molecule has 2 unspecified atom stereocenters. The van der Waals surface area contributed by atoms with Gasteiger partial charge >= 0.3 is 5.97 Å². The Hall–Kier alpha value is -2.10. The Morgan fingerprint density at radius 3 is 2.57 bits per heavy atom. The highest BCUT2D eigenvalue weighted by Crippen LogP contribution is 2.23. The van der Waals surface area contributed by atoms with Crippen molar-refractivity contribution in [3.05, 3.63) is 41.5 Å². The zero-order valence-corrected chi connectivity index (χ0v) is 12.5. The number of rotatable bonds is 3. The second-order valence-electron chi connectivity index (χ2n) is 5.76. The predicted octanol–water partition coefficient (Wildman–Crippen LogP) is 2.72. The lowest BCUT2D eigenvalue weighted by Gasteiger charge is -2.35. The summed E-state index contributed by atoms with van der Waals surface area (Å²) >= 11 is 0. The van der Waals surface area contributed by atoms with E-state index in [1.54, 1.807) is 6.08 Å². The maximum atomic E-state index is 12.2. The van der Waals surface area contributed by atoms with Gasteiger partial charge in [0.15, 0.2) is 0 Å². The van der Waals surface area contributed by atoms with Gasteiger partial charge in [-0.2, -0.15) is 0 Å². The first-order chi connectivity index (χ1) is 9.97. The molecule has 1 fully saturated rings.